The van der Waals surface area contributed by atoms with Crippen molar-refractivity contribution in [2.75, 3.05) is 10.6 Å². The molecule has 0 aliphatic carbocycles. The molecule has 3 rings (SSSR count). The first-order chi connectivity index (χ1) is 9.08. The van der Waals surface area contributed by atoms with Crippen LogP contribution in [0.3, 0.4) is 0 Å². The molecule has 0 unspecified atom stereocenters. The second-order valence-electron chi connectivity index (χ2n) is 3.88. The van der Waals surface area contributed by atoms with Crippen LogP contribution < -0.4 is 10.6 Å². The number of nitrogens with zero attached hydrogens (tertiary/aromatic N) is 4. The van der Waals surface area contributed by atoms with Gasteiger partial charge in [-0.3, -0.25) is 0 Å². The molecule has 0 atom stereocenters. The van der Waals surface area contributed by atoms with Crippen LogP contribution >= 0.6 is 11.5 Å². The minimum Gasteiger partial charge on any atom is -0.388 e. The van der Waals surface area contributed by atoms with Gasteiger partial charge in [0.05, 0.1) is 12.2 Å². The van der Waals surface area contributed by atoms with Gasteiger partial charge in [-0.1, -0.05) is 16.6 Å². The summed E-state index contributed by atoms with van der Waals surface area (Å²) in [6.45, 7) is 0.332. The number of fused-ring (bicyclic) bond motifs is 1. The Hall–Kier alpha value is -2.00. The molecule has 19 heavy (non-hydrogen) atoms. The second-order valence-corrected chi connectivity index (χ2v) is 6.26. The highest BCUT2D eigenvalue weighted by atomic mass is 32.2. The molecular weight excluding hydrogens is 286 g/mol. The van der Waals surface area contributed by atoms with E-state index in [0.717, 1.165) is 11.5 Å². The Labute approximate surface area is 113 Å². The fraction of sp³-hybridized carbons (Fsp3) is 0.100. The smallest absolute Gasteiger partial charge is 0.285 e. The summed E-state index contributed by atoms with van der Waals surface area (Å²) in [7, 11) is -3.60. The van der Waals surface area contributed by atoms with Crippen molar-refractivity contribution in [2.45, 2.75) is 11.4 Å². The molecule has 1 aromatic carbocycles. The summed E-state index contributed by atoms with van der Waals surface area (Å²) >= 11 is 1.10. The third kappa shape index (κ3) is 2.06. The van der Waals surface area contributed by atoms with E-state index in [0.29, 0.717) is 22.9 Å². The van der Waals surface area contributed by atoms with Crippen molar-refractivity contribution in [1.29, 1.82) is 0 Å². The van der Waals surface area contributed by atoms with Gasteiger partial charge in [0.15, 0.2) is 0 Å². The predicted molar refractivity (Wildman–Crippen MR) is 72.6 cm³/mol. The Balaban J connectivity index is 2.03. The third-order valence-electron chi connectivity index (χ3n) is 2.68. The van der Waals surface area contributed by atoms with Crippen LogP contribution in [0.15, 0.2) is 33.6 Å². The monoisotopic (exact) mass is 295 g/mol. The van der Waals surface area contributed by atoms with Crippen LogP contribution in [0.1, 0.15) is 5.69 Å². The van der Waals surface area contributed by atoms with Crippen LogP contribution in [-0.2, 0) is 16.6 Å². The summed E-state index contributed by atoms with van der Waals surface area (Å²) in [5.41, 5.74) is 6.90. The van der Waals surface area contributed by atoms with Crippen LogP contribution in [0, 0.1) is 0 Å². The molecule has 0 saturated carbocycles. The van der Waals surface area contributed by atoms with Gasteiger partial charge in [-0.05, 0) is 12.1 Å². The number of rotatable bonds is 2. The maximum absolute atomic E-state index is 11.8. The second kappa shape index (κ2) is 4.28. The summed E-state index contributed by atoms with van der Waals surface area (Å²) in [6, 6.07) is 6.67. The molecule has 9 heteroatoms. The van der Waals surface area contributed by atoms with Crippen LogP contribution in [-0.4, -0.2) is 24.3 Å². The first-order valence-corrected chi connectivity index (χ1v) is 7.52. The van der Waals surface area contributed by atoms with Gasteiger partial charge in [0.2, 0.25) is 0 Å². The quantitative estimate of drug-likeness (QED) is 0.881. The highest BCUT2D eigenvalue weighted by molar-refractivity contribution is 7.90. The fourth-order valence-electron chi connectivity index (χ4n) is 1.76. The van der Waals surface area contributed by atoms with Gasteiger partial charge < -0.3 is 10.6 Å². The number of anilines is 2. The number of nitrogens with two attached hydrogens (primary N) is 1. The topological polar surface area (TPSA) is 102 Å². The molecule has 2 aromatic rings. The molecule has 2 heterocycles. The number of benzene rings is 1. The lowest BCUT2D eigenvalue weighted by Gasteiger charge is -2.24. The fourth-order valence-corrected chi connectivity index (χ4v) is 3.25. The van der Waals surface area contributed by atoms with Gasteiger partial charge in [-0.2, -0.15) is 8.42 Å². The first-order valence-electron chi connectivity index (χ1n) is 5.31. The minimum absolute atomic E-state index is 0.180. The largest absolute Gasteiger partial charge is 0.388 e. The number of aromatic nitrogens is 2. The van der Waals surface area contributed by atoms with Crippen LogP contribution in [0.25, 0.3) is 0 Å². The van der Waals surface area contributed by atoms with Crippen LogP contribution in [0.4, 0.5) is 10.7 Å². The average molecular weight is 295 g/mol. The van der Waals surface area contributed by atoms with E-state index in [1.807, 2.05) is 0 Å². The van der Waals surface area contributed by atoms with Gasteiger partial charge >= 0.3 is 0 Å². The molecule has 1 aromatic heterocycles. The summed E-state index contributed by atoms with van der Waals surface area (Å²) in [5.74, 6) is 0. The maximum atomic E-state index is 11.8. The summed E-state index contributed by atoms with van der Waals surface area (Å²) < 4.78 is 31.0. The van der Waals surface area contributed by atoms with Gasteiger partial charge in [0.1, 0.15) is 21.9 Å². The molecule has 0 amide bonds. The number of sulfonamides is 1. The van der Waals surface area contributed by atoms with Crippen LogP contribution in [0.5, 0.6) is 0 Å². The number of hydrogen-bond donors (Lipinski definition) is 1. The highest BCUT2D eigenvalue weighted by Gasteiger charge is 2.25. The van der Waals surface area contributed by atoms with Gasteiger partial charge in [-0.25, -0.2) is 0 Å². The molecule has 0 bridgehead atoms. The van der Waals surface area contributed by atoms with Gasteiger partial charge in [0.25, 0.3) is 10.0 Å². The Morgan fingerprint density at radius 3 is 2.84 bits per heavy atom. The molecule has 2 N–H and O–H groups in total. The molecule has 7 nitrogen and oxygen atoms in total. The third-order valence-corrected chi connectivity index (χ3v) is 4.55. The summed E-state index contributed by atoms with van der Waals surface area (Å²) in [6.07, 6.45) is 1.27. The standard InChI is InChI=1S/C10H9N5O2S2/c11-10-7(13-14-18-10)5-15-6-12-19(16,17)9-4-2-1-3-8(9)15/h1-4,6H,5,11H2. The maximum Gasteiger partial charge on any atom is 0.285 e. The van der Waals surface area contributed by atoms with Crippen molar-refractivity contribution < 1.29 is 8.42 Å². The molecule has 98 valence electrons. The Kier molecular flexibility index (Phi) is 2.72. The molecule has 0 saturated heterocycles. The van der Waals surface area contributed by atoms with Gasteiger partial charge in [0, 0.05) is 11.5 Å². The Morgan fingerprint density at radius 2 is 2.11 bits per heavy atom. The van der Waals surface area contributed by atoms with Crippen molar-refractivity contribution in [3.63, 3.8) is 0 Å². The van der Waals surface area contributed by atoms with Crippen molar-refractivity contribution in [3.8, 4) is 0 Å². The van der Waals surface area contributed by atoms with Crippen molar-refractivity contribution in [2.24, 2.45) is 4.40 Å². The summed E-state index contributed by atoms with van der Waals surface area (Å²) in [4.78, 5) is 1.86. The van der Waals surface area contributed by atoms with E-state index in [1.54, 1.807) is 23.1 Å². The zero-order valence-corrected chi connectivity index (χ0v) is 11.2. The molecule has 1 aliphatic rings. The van der Waals surface area contributed by atoms with E-state index in [4.69, 9.17) is 5.73 Å². The number of hydrogen-bond acceptors (Lipinski definition) is 7. The highest BCUT2D eigenvalue weighted by Crippen LogP contribution is 2.30. The lowest BCUT2D eigenvalue weighted by molar-refractivity contribution is 0.597. The SMILES string of the molecule is Nc1snnc1CN1C=NS(=O)(=O)c2ccccc21. The van der Waals surface area contributed by atoms with Gasteiger partial charge in [-0.15, -0.1) is 9.50 Å². The normalized spacial score (nSPS) is 16.3. The molecule has 1 aliphatic heterocycles. The lowest BCUT2D eigenvalue weighted by atomic mass is 10.3. The minimum atomic E-state index is -3.60. The average Bonchev–Trinajstić information content (AvgIpc) is 2.79. The molecular formula is C10H9N5O2S2. The lowest BCUT2D eigenvalue weighted by Crippen LogP contribution is -2.27. The van der Waals surface area contributed by atoms with E-state index < -0.39 is 10.0 Å². The molecule has 0 radical (unpaired) electrons. The van der Waals surface area contributed by atoms with Crippen molar-refractivity contribution >= 4 is 38.6 Å². The van der Waals surface area contributed by atoms with Crippen molar-refractivity contribution in [3.05, 3.63) is 30.0 Å². The van der Waals surface area contributed by atoms with Crippen LogP contribution in [0.2, 0.25) is 0 Å². The van der Waals surface area contributed by atoms with E-state index in [1.165, 1.54) is 12.4 Å². The summed E-state index contributed by atoms with van der Waals surface area (Å²) in [5, 5.41) is 4.42. The molecule has 0 spiro atoms. The van der Waals surface area contributed by atoms with Crippen molar-refractivity contribution in [1.82, 2.24) is 9.59 Å². The zero-order chi connectivity index (χ0) is 13.5. The Bertz CT molecular complexity index is 753. The number of para-hydroxylation sites is 1. The zero-order valence-electron chi connectivity index (χ0n) is 9.59. The Morgan fingerprint density at radius 1 is 1.32 bits per heavy atom. The van der Waals surface area contributed by atoms with E-state index in [9.17, 15) is 8.42 Å². The predicted octanol–water partition coefficient (Wildman–Crippen LogP) is 0.858. The van der Waals surface area contributed by atoms with E-state index >= 15 is 0 Å². The van der Waals surface area contributed by atoms with E-state index in [-0.39, 0.29) is 4.90 Å². The van der Waals surface area contributed by atoms with E-state index in [2.05, 4.69) is 14.0 Å². The first kappa shape index (κ1) is 12.1. The number of nitrogen functional groups attached to an aromatic ring is 1. The molecule has 0 fully saturated rings.